The van der Waals surface area contributed by atoms with Gasteiger partial charge in [0.2, 0.25) is 11.8 Å². The van der Waals surface area contributed by atoms with Crippen molar-refractivity contribution in [2.45, 2.75) is 70.6 Å². The van der Waals surface area contributed by atoms with Crippen LogP contribution in [0.15, 0.2) is 30.3 Å². The van der Waals surface area contributed by atoms with Crippen LogP contribution in [0.4, 0.5) is 8.78 Å². The zero-order chi connectivity index (χ0) is 29.4. The van der Waals surface area contributed by atoms with E-state index < -0.39 is 12.7 Å². The number of nitrogens with zero attached hydrogens (tertiary/aromatic N) is 3. The zero-order valence-corrected chi connectivity index (χ0v) is 23.7. The fourth-order valence-corrected chi connectivity index (χ4v) is 5.85. The van der Waals surface area contributed by atoms with E-state index in [-0.39, 0.29) is 41.7 Å². The number of rotatable bonds is 11. The van der Waals surface area contributed by atoms with Crippen LogP contribution in [0.1, 0.15) is 72.3 Å². The second-order valence-electron chi connectivity index (χ2n) is 11.9. The number of carbonyl (C=O) groups is 3. The molecule has 1 saturated heterocycles. The van der Waals surface area contributed by atoms with Crippen LogP contribution in [0.2, 0.25) is 0 Å². The van der Waals surface area contributed by atoms with Crippen molar-refractivity contribution in [3.05, 3.63) is 52.8 Å². The van der Waals surface area contributed by atoms with Gasteiger partial charge in [0.15, 0.2) is 11.5 Å². The first-order valence-electron chi connectivity index (χ1n) is 14.8. The summed E-state index contributed by atoms with van der Waals surface area (Å²) in [6.45, 7) is 0.813. The van der Waals surface area contributed by atoms with Crippen LogP contribution in [0.25, 0.3) is 0 Å². The lowest BCUT2D eigenvalue weighted by molar-refractivity contribution is -0.136. The first kappa shape index (κ1) is 28.4. The molecule has 3 heterocycles. The number of carbonyl (C=O) groups excluding carboxylic acids is 3. The van der Waals surface area contributed by atoms with Gasteiger partial charge in [0.1, 0.15) is 11.7 Å². The van der Waals surface area contributed by atoms with Gasteiger partial charge in [-0.15, -0.1) is 0 Å². The summed E-state index contributed by atoms with van der Waals surface area (Å²) >= 11 is 0. The molecule has 1 aromatic heterocycles. The van der Waals surface area contributed by atoms with E-state index in [2.05, 4.69) is 15.0 Å². The Labute approximate surface area is 243 Å². The highest BCUT2D eigenvalue weighted by atomic mass is 19.3. The van der Waals surface area contributed by atoms with E-state index in [0.29, 0.717) is 49.3 Å². The predicted molar refractivity (Wildman–Crippen MR) is 148 cm³/mol. The molecule has 224 valence electrons. The Morgan fingerprint density at radius 3 is 2.60 bits per heavy atom. The first-order valence-corrected chi connectivity index (χ1v) is 14.8. The number of aromatic nitrogens is 1. The molecule has 3 amide bonds. The van der Waals surface area contributed by atoms with Crippen LogP contribution in [0.5, 0.6) is 11.5 Å². The lowest BCUT2D eigenvalue weighted by Crippen LogP contribution is -2.45. The summed E-state index contributed by atoms with van der Waals surface area (Å²) in [5.74, 6) is 0.454. The van der Waals surface area contributed by atoms with E-state index in [4.69, 9.17) is 4.74 Å². The number of hydrogen-bond acceptors (Lipinski definition) is 6. The van der Waals surface area contributed by atoms with E-state index in [0.717, 1.165) is 36.9 Å². The van der Waals surface area contributed by atoms with Gasteiger partial charge in [-0.05, 0) is 79.7 Å². The molecule has 2 aromatic rings. The van der Waals surface area contributed by atoms with Crippen molar-refractivity contribution < 1.29 is 32.6 Å². The van der Waals surface area contributed by atoms with Crippen LogP contribution in [0, 0.1) is 11.8 Å². The Morgan fingerprint density at radius 1 is 1.10 bits per heavy atom. The normalized spacial score (nSPS) is 21.9. The molecule has 2 atom stereocenters. The topological polar surface area (TPSA) is 101 Å². The van der Waals surface area contributed by atoms with E-state index in [9.17, 15) is 23.2 Å². The van der Waals surface area contributed by atoms with Gasteiger partial charge in [0, 0.05) is 32.5 Å². The van der Waals surface area contributed by atoms with E-state index in [1.165, 1.54) is 30.7 Å². The van der Waals surface area contributed by atoms with Crippen molar-refractivity contribution in [2.24, 2.45) is 11.8 Å². The van der Waals surface area contributed by atoms with E-state index in [1.54, 1.807) is 12.1 Å². The minimum absolute atomic E-state index is 0.0307. The fourth-order valence-electron chi connectivity index (χ4n) is 5.85. The molecule has 2 aliphatic carbocycles. The molecule has 9 nitrogen and oxygen atoms in total. The highest BCUT2D eigenvalue weighted by Gasteiger charge is 2.39. The minimum Gasteiger partial charge on any atom is -0.489 e. The number of halogens is 2. The third kappa shape index (κ3) is 6.50. The summed E-state index contributed by atoms with van der Waals surface area (Å²) in [4.78, 5) is 46.9. The van der Waals surface area contributed by atoms with Crippen LogP contribution in [-0.2, 0) is 22.6 Å². The summed E-state index contributed by atoms with van der Waals surface area (Å²) in [5, 5.41) is 2.91. The molecule has 3 fully saturated rings. The number of alkyl halides is 2. The standard InChI is InChI=1S/C31H36F2N4O5/c1-18(38)37-16-23(22-7-9-26(42-31(32)33)27(13-22)41-17-20-4-5-20)12-25(37)29(39)34-14-24-8-6-21-10-11-36(15-19-2-3-19)30(40)28(21)35-24/h6-9,13,19-20,23,25,31H,2-5,10-12,14-17H2,1H3,(H,34,39)/t23?,25-/m1/s1. The summed E-state index contributed by atoms with van der Waals surface area (Å²) < 4.78 is 36.4. The molecule has 0 radical (unpaired) electrons. The molecule has 6 rings (SSSR count). The molecule has 11 heteroatoms. The third-order valence-corrected chi connectivity index (χ3v) is 8.63. The largest absolute Gasteiger partial charge is 0.489 e. The highest BCUT2D eigenvalue weighted by Crippen LogP contribution is 2.39. The molecule has 2 aliphatic heterocycles. The summed E-state index contributed by atoms with van der Waals surface area (Å²) in [5.41, 5.74) is 2.75. The van der Waals surface area contributed by atoms with Crippen molar-refractivity contribution in [2.75, 3.05) is 26.2 Å². The van der Waals surface area contributed by atoms with Gasteiger partial charge in [-0.3, -0.25) is 14.4 Å². The Morgan fingerprint density at radius 2 is 1.88 bits per heavy atom. The maximum absolute atomic E-state index is 13.3. The summed E-state index contributed by atoms with van der Waals surface area (Å²) in [6.07, 6.45) is 5.58. The summed E-state index contributed by atoms with van der Waals surface area (Å²) in [7, 11) is 0. The molecule has 0 bridgehead atoms. The number of benzene rings is 1. The van der Waals surface area contributed by atoms with Crippen LogP contribution < -0.4 is 14.8 Å². The Bertz CT molecular complexity index is 1360. The lowest BCUT2D eigenvalue weighted by atomic mass is 9.95. The number of pyridine rings is 1. The van der Waals surface area contributed by atoms with Gasteiger partial charge in [-0.2, -0.15) is 8.78 Å². The van der Waals surface area contributed by atoms with Crippen molar-refractivity contribution in [1.29, 1.82) is 0 Å². The van der Waals surface area contributed by atoms with Gasteiger partial charge in [-0.25, -0.2) is 4.98 Å². The van der Waals surface area contributed by atoms with Crippen molar-refractivity contribution in [3.8, 4) is 11.5 Å². The van der Waals surface area contributed by atoms with E-state index in [1.807, 2.05) is 17.0 Å². The highest BCUT2D eigenvalue weighted by molar-refractivity contribution is 5.95. The molecule has 4 aliphatic rings. The maximum atomic E-state index is 13.3. The Hall–Kier alpha value is -3.76. The second-order valence-corrected chi connectivity index (χ2v) is 11.9. The summed E-state index contributed by atoms with van der Waals surface area (Å²) in [6, 6.07) is 7.87. The Balaban J connectivity index is 1.12. The minimum atomic E-state index is -2.98. The smallest absolute Gasteiger partial charge is 0.387 e. The van der Waals surface area contributed by atoms with E-state index >= 15 is 0 Å². The van der Waals surface area contributed by atoms with Gasteiger partial charge in [0.05, 0.1) is 18.8 Å². The molecule has 1 N–H and O–H groups in total. The lowest BCUT2D eigenvalue weighted by Gasteiger charge is -2.28. The van der Waals surface area contributed by atoms with Crippen LogP contribution in [-0.4, -0.2) is 71.4 Å². The number of hydrogen-bond donors (Lipinski definition) is 1. The zero-order valence-electron chi connectivity index (χ0n) is 23.7. The average Bonchev–Trinajstić information content (AvgIpc) is 3.91. The number of fused-ring (bicyclic) bond motifs is 1. The average molecular weight is 583 g/mol. The van der Waals surface area contributed by atoms with Crippen LogP contribution in [0.3, 0.4) is 0 Å². The van der Waals surface area contributed by atoms with Gasteiger partial charge in [0.25, 0.3) is 5.91 Å². The predicted octanol–water partition coefficient (Wildman–Crippen LogP) is 3.90. The van der Waals surface area contributed by atoms with Crippen molar-refractivity contribution >= 4 is 17.7 Å². The first-order chi connectivity index (χ1) is 20.2. The molecule has 42 heavy (non-hydrogen) atoms. The van der Waals surface area contributed by atoms with Gasteiger partial charge >= 0.3 is 6.61 Å². The molecule has 1 aromatic carbocycles. The number of ether oxygens (including phenoxy) is 2. The van der Waals surface area contributed by atoms with Crippen LogP contribution >= 0.6 is 0 Å². The SMILES string of the molecule is CC(=O)N1CC(c2ccc(OC(F)F)c(OCC3CC3)c2)C[C@@H]1C(=O)NCc1ccc2c(n1)C(=O)N(CC1CC1)CC2. The second kappa shape index (κ2) is 11.9. The van der Waals surface area contributed by atoms with Crippen molar-refractivity contribution in [3.63, 3.8) is 0 Å². The third-order valence-electron chi connectivity index (χ3n) is 8.63. The molecular formula is C31H36F2N4O5. The maximum Gasteiger partial charge on any atom is 0.387 e. The van der Waals surface area contributed by atoms with Gasteiger partial charge < -0.3 is 24.6 Å². The fraction of sp³-hybridized carbons (Fsp3) is 0.548. The molecule has 1 unspecified atom stereocenters. The molecular weight excluding hydrogens is 546 g/mol. The monoisotopic (exact) mass is 582 g/mol. The van der Waals surface area contributed by atoms with Gasteiger partial charge in [-0.1, -0.05) is 12.1 Å². The van der Waals surface area contributed by atoms with Crippen molar-refractivity contribution in [1.82, 2.24) is 20.1 Å². The number of likely N-dealkylation sites (tertiary alicyclic amines) is 1. The number of nitrogens with one attached hydrogen (secondary N) is 1. The Kier molecular flexibility index (Phi) is 8.00. The molecule has 0 spiro atoms. The quantitative estimate of drug-likeness (QED) is 0.432. The molecule has 2 saturated carbocycles. The number of amides is 3.